The Morgan fingerprint density at radius 3 is 2.50 bits per heavy atom. The molecule has 0 radical (unpaired) electrons. The lowest BCUT2D eigenvalue weighted by atomic mass is 9.95. The molecule has 2 heterocycles. The van der Waals surface area contributed by atoms with Crippen LogP contribution in [0.25, 0.3) is 11.4 Å². The van der Waals surface area contributed by atoms with E-state index in [4.69, 9.17) is 14.0 Å². The zero-order valence-electron chi connectivity index (χ0n) is 19.8. The van der Waals surface area contributed by atoms with E-state index in [1.165, 1.54) is 0 Å². The van der Waals surface area contributed by atoms with Crippen molar-refractivity contribution in [2.75, 3.05) is 61.0 Å². The number of likely N-dealkylation sites (N-methyl/N-ethyl adjacent to an activating group) is 2. The summed E-state index contributed by atoms with van der Waals surface area (Å²) < 4.78 is 16.1. The van der Waals surface area contributed by atoms with Crippen LogP contribution in [-0.4, -0.2) is 91.8 Å². The highest BCUT2D eigenvalue weighted by Gasteiger charge is 2.28. The number of hydrogen-bond acceptors (Lipinski definition) is 8. The number of nitrogens with zero attached hydrogens (tertiary/aromatic N) is 5. The van der Waals surface area contributed by atoms with Crippen LogP contribution < -0.4 is 9.47 Å². The van der Waals surface area contributed by atoms with Crippen molar-refractivity contribution in [1.82, 2.24) is 24.8 Å². The second-order valence-corrected chi connectivity index (χ2v) is 8.35. The Labute approximate surface area is 190 Å². The minimum atomic E-state index is 0.0957. The summed E-state index contributed by atoms with van der Waals surface area (Å²) in [6, 6.07) is 5.54. The molecular weight excluding hydrogens is 410 g/mol. The highest BCUT2D eigenvalue weighted by molar-refractivity contribution is 5.79. The third-order valence-corrected chi connectivity index (χ3v) is 5.92. The standard InChI is InChI=1S/C23H35N5O4/c1-6-28(14-13-26(2)3)23(29)17-9-11-27(12-10-17)16-21-24-22(25-32-21)18-7-8-19(30-4)20(15-18)31-5/h7-8,15,17H,6,9-14,16H2,1-5H3. The second kappa shape index (κ2) is 11.3. The molecule has 1 aromatic heterocycles. The molecule has 0 atom stereocenters. The van der Waals surface area contributed by atoms with Gasteiger partial charge in [-0.25, -0.2) is 0 Å². The maximum Gasteiger partial charge on any atom is 0.241 e. The van der Waals surface area contributed by atoms with Gasteiger partial charge < -0.3 is 23.8 Å². The van der Waals surface area contributed by atoms with Gasteiger partial charge in [-0.3, -0.25) is 9.69 Å². The Balaban J connectivity index is 1.54. The molecule has 0 bridgehead atoms. The molecule has 32 heavy (non-hydrogen) atoms. The molecular formula is C23H35N5O4. The first-order valence-electron chi connectivity index (χ1n) is 11.2. The van der Waals surface area contributed by atoms with Crippen molar-refractivity contribution in [2.24, 2.45) is 5.92 Å². The summed E-state index contributed by atoms with van der Waals surface area (Å²) in [4.78, 5) is 23.8. The topological polar surface area (TPSA) is 84.2 Å². The number of hydrogen-bond donors (Lipinski definition) is 0. The summed E-state index contributed by atoms with van der Waals surface area (Å²) in [5.74, 6) is 2.74. The van der Waals surface area contributed by atoms with Crippen LogP contribution in [0.2, 0.25) is 0 Å². The van der Waals surface area contributed by atoms with Gasteiger partial charge in [-0.05, 0) is 65.1 Å². The number of carbonyl (C=O) groups is 1. The number of rotatable bonds is 10. The Hall–Kier alpha value is -2.65. The zero-order chi connectivity index (χ0) is 23.1. The molecule has 1 aliphatic heterocycles. The lowest BCUT2D eigenvalue weighted by molar-refractivity contribution is -0.137. The van der Waals surface area contributed by atoms with E-state index in [9.17, 15) is 4.79 Å². The minimum absolute atomic E-state index is 0.0957. The molecule has 2 aromatic rings. The van der Waals surface area contributed by atoms with Crippen LogP contribution in [0.15, 0.2) is 22.7 Å². The first kappa shape index (κ1) is 24.0. The molecule has 1 aliphatic rings. The van der Waals surface area contributed by atoms with E-state index in [1.54, 1.807) is 14.2 Å². The third kappa shape index (κ3) is 5.98. The van der Waals surface area contributed by atoms with Gasteiger partial charge in [-0.1, -0.05) is 5.16 Å². The number of amides is 1. The van der Waals surface area contributed by atoms with Crippen LogP contribution in [0.1, 0.15) is 25.7 Å². The predicted octanol–water partition coefficient (Wildman–Crippen LogP) is 2.38. The number of piperidine rings is 1. The minimum Gasteiger partial charge on any atom is -0.493 e. The fourth-order valence-corrected chi connectivity index (χ4v) is 3.94. The Kier molecular flexibility index (Phi) is 8.46. The van der Waals surface area contributed by atoms with Crippen molar-refractivity contribution in [2.45, 2.75) is 26.3 Å². The summed E-state index contributed by atoms with van der Waals surface area (Å²) in [6.45, 7) is 6.74. The van der Waals surface area contributed by atoms with Crippen LogP contribution in [0.4, 0.5) is 0 Å². The summed E-state index contributed by atoms with van der Waals surface area (Å²) in [5, 5.41) is 4.12. The summed E-state index contributed by atoms with van der Waals surface area (Å²) >= 11 is 0. The first-order chi connectivity index (χ1) is 15.4. The molecule has 9 nitrogen and oxygen atoms in total. The van der Waals surface area contributed by atoms with Crippen molar-refractivity contribution in [1.29, 1.82) is 0 Å². The number of methoxy groups -OCH3 is 2. The van der Waals surface area contributed by atoms with Crippen molar-refractivity contribution in [3.8, 4) is 22.9 Å². The summed E-state index contributed by atoms with van der Waals surface area (Å²) in [7, 11) is 7.26. The summed E-state index contributed by atoms with van der Waals surface area (Å²) in [5.41, 5.74) is 0.805. The monoisotopic (exact) mass is 445 g/mol. The van der Waals surface area contributed by atoms with Gasteiger partial charge in [-0.15, -0.1) is 0 Å². The second-order valence-electron chi connectivity index (χ2n) is 8.35. The highest BCUT2D eigenvalue weighted by atomic mass is 16.5. The van der Waals surface area contributed by atoms with Gasteiger partial charge in [-0.2, -0.15) is 4.98 Å². The maximum absolute atomic E-state index is 12.9. The van der Waals surface area contributed by atoms with E-state index in [2.05, 4.69) is 19.9 Å². The molecule has 0 spiro atoms. The fraction of sp³-hybridized carbons (Fsp3) is 0.609. The number of aromatic nitrogens is 2. The van der Waals surface area contributed by atoms with Crippen LogP contribution in [0, 0.1) is 5.92 Å². The van der Waals surface area contributed by atoms with Gasteiger partial charge in [0.05, 0.1) is 20.8 Å². The zero-order valence-corrected chi connectivity index (χ0v) is 19.8. The predicted molar refractivity (Wildman–Crippen MR) is 122 cm³/mol. The van der Waals surface area contributed by atoms with Crippen LogP contribution in [0.3, 0.4) is 0 Å². The lowest BCUT2D eigenvalue weighted by Crippen LogP contribution is -2.44. The molecule has 0 saturated carbocycles. The summed E-state index contributed by atoms with van der Waals surface area (Å²) in [6.07, 6.45) is 1.71. The molecule has 1 amide bonds. The van der Waals surface area contributed by atoms with Gasteiger partial charge in [0, 0.05) is 31.1 Å². The molecule has 176 valence electrons. The van der Waals surface area contributed by atoms with Crippen LogP contribution in [-0.2, 0) is 11.3 Å². The molecule has 1 aromatic carbocycles. The fourth-order valence-electron chi connectivity index (χ4n) is 3.94. The Morgan fingerprint density at radius 1 is 1.16 bits per heavy atom. The van der Waals surface area contributed by atoms with Gasteiger partial charge >= 0.3 is 0 Å². The van der Waals surface area contributed by atoms with Gasteiger partial charge in [0.15, 0.2) is 11.5 Å². The third-order valence-electron chi connectivity index (χ3n) is 5.92. The SMILES string of the molecule is CCN(CCN(C)C)C(=O)C1CCN(Cc2nc(-c3ccc(OC)c(OC)c3)no2)CC1. The number of likely N-dealkylation sites (tertiary alicyclic amines) is 1. The number of benzene rings is 1. The Morgan fingerprint density at radius 2 is 1.88 bits per heavy atom. The molecule has 1 saturated heterocycles. The quantitative estimate of drug-likeness (QED) is 0.551. The molecule has 0 aliphatic carbocycles. The maximum atomic E-state index is 12.9. The van der Waals surface area contributed by atoms with Crippen LogP contribution in [0.5, 0.6) is 11.5 Å². The molecule has 3 rings (SSSR count). The smallest absolute Gasteiger partial charge is 0.241 e. The van der Waals surface area contributed by atoms with Crippen LogP contribution >= 0.6 is 0 Å². The van der Waals surface area contributed by atoms with E-state index in [0.717, 1.165) is 51.1 Å². The lowest BCUT2D eigenvalue weighted by Gasteiger charge is -2.33. The number of carbonyl (C=O) groups excluding carboxylic acids is 1. The van der Waals surface area contributed by atoms with Crippen molar-refractivity contribution >= 4 is 5.91 Å². The first-order valence-corrected chi connectivity index (χ1v) is 11.2. The average Bonchev–Trinajstić information content (AvgIpc) is 3.27. The van der Waals surface area contributed by atoms with Gasteiger partial charge in [0.1, 0.15) is 0 Å². The van der Waals surface area contributed by atoms with Crippen molar-refractivity contribution in [3.63, 3.8) is 0 Å². The molecule has 9 heteroatoms. The van der Waals surface area contributed by atoms with Crippen molar-refractivity contribution in [3.05, 3.63) is 24.1 Å². The number of ether oxygens (including phenoxy) is 2. The van der Waals surface area contributed by atoms with E-state index in [-0.39, 0.29) is 11.8 Å². The van der Waals surface area contributed by atoms with E-state index >= 15 is 0 Å². The van der Waals surface area contributed by atoms with E-state index in [1.807, 2.05) is 44.1 Å². The highest BCUT2D eigenvalue weighted by Crippen LogP contribution is 2.31. The van der Waals surface area contributed by atoms with E-state index < -0.39 is 0 Å². The average molecular weight is 446 g/mol. The van der Waals surface area contributed by atoms with Crippen molar-refractivity contribution < 1.29 is 18.8 Å². The molecule has 0 N–H and O–H groups in total. The van der Waals surface area contributed by atoms with Gasteiger partial charge in [0.25, 0.3) is 0 Å². The normalized spacial score (nSPS) is 15.2. The van der Waals surface area contributed by atoms with E-state index in [0.29, 0.717) is 29.8 Å². The van der Waals surface area contributed by atoms with Gasteiger partial charge in [0.2, 0.25) is 17.6 Å². The molecule has 0 unspecified atom stereocenters. The molecule has 1 fully saturated rings. The largest absolute Gasteiger partial charge is 0.493 e. The Bertz CT molecular complexity index is 877.